The van der Waals surface area contributed by atoms with E-state index in [1.54, 1.807) is 6.07 Å². The minimum Gasteiger partial charge on any atom is -0.460 e. The predicted octanol–water partition coefficient (Wildman–Crippen LogP) is 6.43. The molecular formula is C22H14BrN3O2S. The van der Waals surface area contributed by atoms with E-state index in [1.165, 1.54) is 11.3 Å². The van der Waals surface area contributed by atoms with Crippen LogP contribution in [0.4, 0.5) is 5.13 Å². The number of pyridine rings is 1. The normalized spacial score (nSPS) is 11.2. The number of aryl methyl sites for hydroxylation is 1. The molecule has 3 aromatic heterocycles. The number of rotatable bonds is 3. The van der Waals surface area contributed by atoms with Gasteiger partial charge in [-0.3, -0.25) is 10.1 Å². The number of amides is 1. The Balaban J connectivity index is 1.57. The molecule has 0 aliphatic rings. The summed E-state index contributed by atoms with van der Waals surface area (Å²) in [5.41, 5.74) is 2.73. The maximum atomic E-state index is 13.1. The molecule has 0 saturated heterocycles. The predicted molar refractivity (Wildman–Crippen MR) is 119 cm³/mol. The van der Waals surface area contributed by atoms with E-state index in [4.69, 9.17) is 4.42 Å². The van der Waals surface area contributed by atoms with Crippen molar-refractivity contribution < 1.29 is 9.21 Å². The van der Waals surface area contributed by atoms with Crippen LogP contribution in [-0.4, -0.2) is 15.9 Å². The number of furan rings is 1. The van der Waals surface area contributed by atoms with Gasteiger partial charge in [0.15, 0.2) is 10.9 Å². The van der Waals surface area contributed by atoms with Gasteiger partial charge < -0.3 is 4.42 Å². The second-order valence-electron chi connectivity index (χ2n) is 6.57. The monoisotopic (exact) mass is 463 g/mol. The minimum atomic E-state index is -0.230. The van der Waals surface area contributed by atoms with E-state index in [0.717, 1.165) is 31.4 Å². The first-order chi connectivity index (χ1) is 14.1. The first kappa shape index (κ1) is 18.0. The Kier molecular flexibility index (Phi) is 4.41. The molecule has 1 N–H and O–H groups in total. The Hall–Kier alpha value is -3.03. The smallest absolute Gasteiger partial charge is 0.258 e. The Labute approximate surface area is 178 Å². The fourth-order valence-electron chi connectivity index (χ4n) is 3.18. The standard InChI is InChI=1S/C22H14BrN3O2S/c1-12-6-9-19(28-12)18-11-15(14-4-2-3-5-16(14)24-18)21(27)26-22-25-17-8-7-13(23)10-20(17)29-22/h2-11H,1H3,(H,25,26,27). The highest BCUT2D eigenvalue weighted by molar-refractivity contribution is 9.10. The Morgan fingerprint density at radius 1 is 1.03 bits per heavy atom. The highest BCUT2D eigenvalue weighted by Crippen LogP contribution is 2.30. The summed E-state index contributed by atoms with van der Waals surface area (Å²) in [6.07, 6.45) is 0. The number of hydrogen-bond acceptors (Lipinski definition) is 5. The molecule has 0 saturated carbocycles. The van der Waals surface area contributed by atoms with Crippen molar-refractivity contribution in [3.63, 3.8) is 0 Å². The van der Waals surface area contributed by atoms with Crippen LogP contribution in [-0.2, 0) is 0 Å². The summed E-state index contributed by atoms with van der Waals surface area (Å²) in [6, 6.07) is 18.9. The Bertz CT molecular complexity index is 1390. The number of hydrogen-bond donors (Lipinski definition) is 1. The average Bonchev–Trinajstić information content (AvgIpc) is 3.32. The molecule has 5 rings (SSSR count). The molecule has 0 atom stereocenters. The first-order valence-corrected chi connectivity index (χ1v) is 10.5. The lowest BCUT2D eigenvalue weighted by molar-refractivity contribution is 0.102. The van der Waals surface area contributed by atoms with Gasteiger partial charge >= 0.3 is 0 Å². The molecule has 0 bridgehead atoms. The molecule has 7 heteroatoms. The van der Waals surface area contributed by atoms with Gasteiger partial charge in [0, 0.05) is 9.86 Å². The number of benzene rings is 2. The zero-order chi connectivity index (χ0) is 20.0. The summed E-state index contributed by atoms with van der Waals surface area (Å²) < 4.78 is 7.69. The molecule has 0 aliphatic carbocycles. The molecule has 3 heterocycles. The maximum Gasteiger partial charge on any atom is 0.258 e. The van der Waals surface area contributed by atoms with Gasteiger partial charge in [-0.2, -0.15) is 0 Å². The summed E-state index contributed by atoms with van der Waals surface area (Å²) in [5.74, 6) is 1.19. The summed E-state index contributed by atoms with van der Waals surface area (Å²) in [7, 11) is 0. The van der Waals surface area contributed by atoms with E-state index in [9.17, 15) is 4.79 Å². The summed E-state index contributed by atoms with van der Waals surface area (Å²) in [6.45, 7) is 1.88. The highest BCUT2D eigenvalue weighted by atomic mass is 79.9. The fourth-order valence-corrected chi connectivity index (χ4v) is 4.59. The van der Waals surface area contributed by atoms with Crippen molar-refractivity contribution in [2.45, 2.75) is 6.92 Å². The lowest BCUT2D eigenvalue weighted by Gasteiger charge is -2.08. The first-order valence-electron chi connectivity index (χ1n) is 8.91. The van der Waals surface area contributed by atoms with Gasteiger partial charge in [0.05, 0.1) is 21.3 Å². The fraction of sp³-hybridized carbons (Fsp3) is 0.0455. The van der Waals surface area contributed by atoms with Crippen molar-refractivity contribution in [1.82, 2.24) is 9.97 Å². The van der Waals surface area contributed by atoms with E-state index in [1.807, 2.05) is 61.5 Å². The molecule has 0 spiro atoms. The van der Waals surface area contributed by atoms with Crippen molar-refractivity contribution in [3.8, 4) is 11.5 Å². The Morgan fingerprint density at radius 2 is 1.90 bits per heavy atom. The zero-order valence-corrected chi connectivity index (χ0v) is 17.7. The van der Waals surface area contributed by atoms with Crippen LogP contribution >= 0.6 is 27.3 Å². The van der Waals surface area contributed by atoms with Crippen LogP contribution in [0.25, 0.3) is 32.6 Å². The number of aromatic nitrogens is 2. The average molecular weight is 464 g/mol. The second kappa shape index (κ2) is 7.09. The third-order valence-corrected chi connectivity index (χ3v) is 5.95. The molecule has 1 amide bonds. The van der Waals surface area contributed by atoms with Gasteiger partial charge in [0.1, 0.15) is 11.5 Å². The molecule has 0 aliphatic heterocycles. The third kappa shape index (κ3) is 3.43. The van der Waals surface area contributed by atoms with Gasteiger partial charge in [-0.25, -0.2) is 9.97 Å². The van der Waals surface area contributed by atoms with E-state index >= 15 is 0 Å². The summed E-state index contributed by atoms with van der Waals surface area (Å²) in [4.78, 5) is 22.3. The van der Waals surface area contributed by atoms with Gasteiger partial charge in [-0.1, -0.05) is 45.5 Å². The number of nitrogens with zero attached hydrogens (tertiary/aromatic N) is 2. The largest absolute Gasteiger partial charge is 0.460 e. The van der Waals surface area contributed by atoms with Crippen molar-refractivity contribution in [2.24, 2.45) is 0 Å². The lowest BCUT2D eigenvalue weighted by Crippen LogP contribution is -2.12. The number of carbonyl (C=O) groups is 1. The van der Waals surface area contributed by atoms with Crippen LogP contribution in [0.1, 0.15) is 16.1 Å². The maximum absolute atomic E-state index is 13.1. The Morgan fingerprint density at radius 3 is 2.72 bits per heavy atom. The van der Waals surface area contributed by atoms with E-state index < -0.39 is 0 Å². The van der Waals surface area contributed by atoms with E-state index in [-0.39, 0.29) is 5.91 Å². The number of halogens is 1. The SMILES string of the molecule is Cc1ccc(-c2cc(C(=O)Nc3nc4ccc(Br)cc4s3)c3ccccc3n2)o1. The van der Waals surface area contributed by atoms with Crippen molar-refractivity contribution in [2.75, 3.05) is 5.32 Å². The second-order valence-corrected chi connectivity index (χ2v) is 8.51. The quantitative estimate of drug-likeness (QED) is 0.334. The van der Waals surface area contributed by atoms with Crippen LogP contribution in [0.5, 0.6) is 0 Å². The van der Waals surface area contributed by atoms with Gasteiger partial charge in [0.25, 0.3) is 5.91 Å². The number of thiazole rings is 1. The molecule has 29 heavy (non-hydrogen) atoms. The number of nitrogens with one attached hydrogen (secondary N) is 1. The van der Waals surface area contributed by atoms with E-state index in [2.05, 4.69) is 31.2 Å². The summed E-state index contributed by atoms with van der Waals surface area (Å²) in [5, 5.41) is 4.27. The molecule has 0 fully saturated rings. The third-order valence-electron chi connectivity index (χ3n) is 4.52. The van der Waals surface area contributed by atoms with Crippen LogP contribution in [0.3, 0.4) is 0 Å². The van der Waals surface area contributed by atoms with Crippen LogP contribution < -0.4 is 5.32 Å². The number of fused-ring (bicyclic) bond motifs is 2. The van der Waals surface area contributed by atoms with Gasteiger partial charge in [-0.15, -0.1) is 0 Å². The zero-order valence-electron chi connectivity index (χ0n) is 15.3. The molecule has 0 radical (unpaired) electrons. The molecule has 0 unspecified atom stereocenters. The summed E-state index contributed by atoms with van der Waals surface area (Å²) >= 11 is 4.90. The van der Waals surface area contributed by atoms with E-state index in [0.29, 0.717) is 22.1 Å². The molecule has 2 aromatic carbocycles. The highest BCUT2D eigenvalue weighted by Gasteiger charge is 2.17. The van der Waals surface area contributed by atoms with Crippen molar-refractivity contribution in [3.05, 3.63) is 76.5 Å². The lowest BCUT2D eigenvalue weighted by atomic mass is 10.1. The topological polar surface area (TPSA) is 68.0 Å². The molecule has 5 nitrogen and oxygen atoms in total. The van der Waals surface area contributed by atoms with Crippen molar-refractivity contribution >= 4 is 59.4 Å². The van der Waals surface area contributed by atoms with Gasteiger partial charge in [0.2, 0.25) is 0 Å². The molecule has 142 valence electrons. The van der Waals surface area contributed by atoms with Crippen LogP contribution in [0.2, 0.25) is 0 Å². The number of carbonyl (C=O) groups excluding carboxylic acids is 1. The van der Waals surface area contributed by atoms with Crippen LogP contribution in [0.15, 0.2) is 69.6 Å². The molecular weight excluding hydrogens is 450 g/mol. The molecule has 5 aromatic rings. The number of para-hydroxylation sites is 1. The van der Waals surface area contributed by atoms with Gasteiger partial charge in [-0.05, 0) is 49.4 Å². The number of anilines is 1. The minimum absolute atomic E-state index is 0.230. The van der Waals surface area contributed by atoms with Crippen molar-refractivity contribution in [1.29, 1.82) is 0 Å². The van der Waals surface area contributed by atoms with Crippen LogP contribution in [0, 0.1) is 6.92 Å².